The molecular weight excluding hydrogens is 226 g/mol. The lowest BCUT2D eigenvalue weighted by Gasteiger charge is -2.11. The predicted octanol–water partition coefficient (Wildman–Crippen LogP) is 1.53. The number of nitrogens with two attached hydrogens (primary N) is 1. The lowest BCUT2D eigenvalue weighted by molar-refractivity contribution is 0.695. The molecule has 2 aromatic heterocycles. The van der Waals surface area contributed by atoms with E-state index < -0.39 is 0 Å². The van der Waals surface area contributed by atoms with E-state index in [1.165, 1.54) is 0 Å². The van der Waals surface area contributed by atoms with Crippen molar-refractivity contribution < 1.29 is 0 Å². The van der Waals surface area contributed by atoms with Crippen LogP contribution in [0.25, 0.3) is 5.65 Å². The van der Waals surface area contributed by atoms with Gasteiger partial charge in [0, 0.05) is 18.8 Å². The first-order valence-electron chi connectivity index (χ1n) is 5.21. The lowest BCUT2D eigenvalue weighted by Crippen LogP contribution is -2.28. The number of hydrogen-bond donors (Lipinski definition) is 2. The van der Waals surface area contributed by atoms with Crippen molar-refractivity contribution in [3.63, 3.8) is 0 Å². The fourth-order valence-corrected chi connectivity index (χ4v) is 1.58. The van der Waals surface area contributed by atoms with E-state index in [4.69, 9.17) is 17.3 Å². The number of pyridine rings is 1. The summed E-state index contributed by atoms with van der Waals surface area (Å²) in [6.07, 6.45) is 2.66. The van der Waals surface area contributed by atoms with Crippen molar-refractivity contribution in [2.75, 3.05) is 11.9 Å². The first kappa shape index (κ1) is 11.2. The van der Waals surface area contributed by atoms with Crippen LogP contribution >= 0.6 is 11.6 Å². The molecule has 1 unspecified atom stereocenters. The highest BCUT2D eigenvalue weighted by atomic mass is 35.5. The van der Waals surface area contributed by atoms with Crippen LogP contribution in [0.5, 0.6) is 0 Å². The number of fused-ring (bicyclic) bond motifs is 1. The third kappa shape index (κ3) is 2.25. The molecule has 86 valence electrons. The zero-order valence-electron chi connectivity index (χ0n) is 9.02. The molecule has 2 aromatic rings. The maximum Gasteiger partial charge on any atom is 0.243 e. The molecule has 3 N–H and O–H groups in total. The smallest absolute Gasteiger partial charge is 0.243 e. The standard InChI is InChI=1S/C10H14ClN5/c1-2-8(5-12)13-10-14-9-4-3-7(11)6-16(9)15-10/h3-4,6,8H,2,5,12H2,1H3,(H,13,15). The highest BCUT2D eigenvalue weighted by Crippen LogP contribution is 2.12. The molecule has 1 atom stereocenters. The molecule has 2 rings (SSSR count). The summed E-state index contributed by atoms with van der Waals surface area (Å²) in [4.78, 5) is 4.32. The lowest BCUT2D eigenvalue weighted by atomic mass is 10.2. The molecule has 0 aliphatic carbocycles. The topological polar surface area (TPSA) is 68.2 Å². The summed E-state index contributed by atoms with van der Waals surface area (Å²) in [7, 11) is 0. The molecule has 16 heavy (non-hydrogen) atoms. The minimum absolute atomic E-state index is 0.202. The quantitative estimate of drug-likeness (QED) is 0.849. The zero-order valence-corrected chi connectivity index (χ0v) is 9.78. The Balaban J connectivity index is 2.25. The first-order chi connectivity index (χ1) is 7.72. The van der Waals surface area contributed by atoms with E-state index in [-0.39, 0.29) is 6.04 Å². The van der Waals surface area contributed by atoms with E-state index in [0.29, 0.717) is 17.5 Å². The number of aromatic nitrogens is 3. The number of nitrogens with zero attached hydrogens (tertiary/aromatic N) is 3. The minimum atomic E-state index is 0.202. The van der Waals surface area contributed by atoms with Gasteiger partial charge in [-0.3, -0.25) is 0 Å². The van der Waals surface area contributed by atoms with Crippen molar-refractivity contribution in [2.45, 2.75) is 19.4 Å². The van der Waals surface area contributed by atoms with Gasteiger partial charge in [0.05, 0.1) is 5.02 Å². The van der Waals surface area contributed by atoms with Gasteiger partial charge in [-0.15, -0.1) is 5.10 Å². The summed E-state index contributed by atoms with van der Waals surface area (Å²) in [6.45, 7) is 2.63. The molecule has 0 aromatic carbocycles. The molecule has 0 aliphatic heterocycles. The molecule has 0 amide bonds. The van der Waals surface area contributed by atoms with Gasteiger partial charge in [0.15, 0.2) is 5.65 Å². The Labute approximate surface area is 98.6 Å². The molecule has 0 saturated heterocycles. The van der Waals surface area contributed by atoms with Crippen LogP contribution in [0.15, 0.2) is 18.3 Å². The van der Waals surface area contributed by atoms with Gasteiger partial charge in [-0.05, 0) is 18.6 Å². The summed E-state index contributed by atoms with van der Waals surface area (Å²) in [6, 6.07) is 3.81. The molecule has 0 fully saturated rings. The van der Waals surface area contributed by atoms with Crippen molar-refractivity contribution in [2.24, 2.45) is 5.73 Å². The van der Waals surface area contributed by atoms with Crippen LogP contribution in [0.1, 0.15) is 13.3 Å². The summed E-state index contributed by atoms with van der Waals surface area (Å²) in [5.74, 6) is 0.583. The van der Waals surface area contributed by atoms with E-state index in [9.17, 15) is 0 Å². The van der Waals surface area contributed by atoms with E-state index in [0.717, 1.165) is 12.1 Å². The Kier molecular flexibility index (Phi) is 3.26. The number of rotatable bonds is 4. The van der Waals surface area contributed by atoms with E-state index in [1.807, 2.05) is 6.07 Å². The van der Waals surface area contributed by atoms with Crippen LogP contribution in [-0.4, -0.2) is 27.2 Å². The van der Waals surface area contributed by atoms with Crippen molar-refractivity contribution in [1.29, 1.82) is 0 Å². The third-order valence-corrected chi connectivity index (χ3v) is 2.63. The van der Waals surface area contributed by atoms with Gasteiger partial charge >= 0.3 is 0 Å². The van der Waals surface area contributed by atoms with E-state index in [1.54, 1.807) is 16.8 Å². The van der Waals surface area contributed by atoms with Crippen molar-refractivity contribution in [1.82, 2.24) is 14.6 Å². The molecule has 0 radical (unpaired) electrons. The van der Waals surface area contributed by atoms with Gasteiger partial charge < -0.3 is 11.1 Å². The monoisotopic (exact) mass is 239 g/mol. The van der Waals surface area contributed by atoms with Gasteiger partial charge in [0.25, 0.3) is 0 Å². The Hall–Kier alpha value is -1.33. The largest absolute Gasteiger partial charge is 0.349 e. The molecule has 5 nitrogen and oxygen atoms in total. The number of nitrogens with one attached hydrogen (secondary N) is 1. The average Bonchev–Trinajstić information content (AvgIpc) is 2.67. The highest BCUT2D eigenvalue weighted by Gasteiger charge is 2.08. The molecule has 0 bridgehead atoms. The fourth-order valence-electron chi connectivity index (χ4n) is 1.43. The van der Waals surface area contributed by atoms with E-state index >= 15 is 0 Å². The summed E-state index contributed by atoms with van der Waals surface area (Å²) in [5.41, 5.74) is 6.37. The second-order valence-corrected chi connectivity index (χ2v) is 4.01. The second-order valence-electron chi connectivity index (χ2n) is 3.57. The van der Waals surface area contributed by atoms with Crippen LogP contribution in [0.4, 0.5) is 5.95 Å². The third-order valence-electron chi connectivity index (χ3n) is 2.41. The Bertz CT molecular complexity index is 477. The second kappa shape index (κ2) is 4.67. The SMILES string of the molecule is CCC(CN)Nc1nc2ccc(Cl)cn2n1. The van der Waals surface area contributed by atoms with Crippen molar-refractivity contribution in [3.05, 3.63) is 23.4 Å². The maximum absolute atomic E-state index is 5.86. The number of hydrogen-bond acceptors (Lipinski definition) is 4. The Morgan fingerprint density at radius 3 is 3.06 bits per heavy atom. The maximum atomic E-state index is 5.86. The highest BCUT2D eigenvalue weighted by molar-refractivity contribution is 6.30. The number of anilines is 1. The molecular formula is C10H14ClN5. The van der Waals surface area contributed by atoms with Crippen molar-refractivity contribution >= 4 is 23.2 Å². The van der Waals surface area contributed by atoms with Crippen LogP contribution in [0.2, 0.25) is 5.02 Å². The average molecular weight is 240 g/mol. The minimum Gasteiger partial charge on any atom is -0.349 e. The molecule has 0 aliphatic rings. The normalized spacial score (nSPS) is 12.9. The summed E-state index contributed by atoms with van der Waals surface area (Å²) < 4.78 is 1.65. The van der Waals surface area contributed by atoms with Gasteiger partial charge in [-0.1, -0.05) is 18.5 Å². The van der Waals surface area contributed by atoms with Gasteiger partial charge in [-0.2, -0.15) is 4.98 Å². The van der Waals surface area contributed by atoms with Crippen LogP contribution in [0, 0.1) is 0 Å². The fraction of sp³-hybridized carbons (Fsp3) is 0.400. The van der Waals surface area contributed by atoms with Gasteiger partial charge in [0.2, 0.25) is 5.95 Å². The summed E-state index contributed by atoms with van der Waals surface area (Å²) >= 11 is 5.86. The number of halogens is 1. The zero-order chi connectivity index (χ0) is 11.5. The molecule has 0 spiro atoms. The molecule has 0 saturated carbocycles. The Morgan fingerprint density at radius 2 is 2.38 bits per heavy atom. The van der Waals surface area contributed by atoms with Crippen LogP contribution < -0.4 is 11.1 Å². The van der Waals surface area contributed by atoms with Gasteiger partial charge in [0.1, 0.15) is 0 Å². The predicted molar refractivity (Wildman–Crippen MR) is 64.8 cm³/mol. The summed E-state index contributed by atoms with van der Waals surface area (Å²) in [5, 5.41) is 8.07. The van der Waals surface area contributed by atoms with Gasteiger partial charge in [-0.25, -0.2) is 4.52 Å². The van der Waals surface area contributed by atoms with Crippen LogP contribution in [0.3, 0.4) is 0 Å². The van der Waals surface area contributed by atoms with Crippen molar-refractivity contribution in [3.8, 4) is 0 Å². The molecule has 6 heteroatoms. The Morgan fingerprint density at radius 1 is 1.56 bits per heavy atom. The molecule has 2 heterocycles. The first-order valence-corrected chi connectivity index (χ1v) is 5.59. The van der Waals surface area contributed by atoms with Crippen LogP contribution in [-0.2, 0) is 0 Å². The van der Waals surface area contributed by atoms with E-state index in [2.05, 4.69) is 22.3 Å².